The monoisotopic (exact) mass is 217 g/mol. The van der Waals surface area contributed by atoms with Gasteiger partial charge in [0, 0.05) is 31.3 Å². The Bertz CT molecular complexity index is 444. The SMILES string of the molecule is Cc1cc(C)c(C#N)c(N2CC(CO)C2)n1. The van der Waals surface area contributed by atoms with Crippen molar-refractivity contribution in [3.8, 4) is 6.07 Å². The van der Waals surface area contributed by atoms with E-state index >= 15 is 0 Å². The molecule has 0 spiro atoms. The van der Waals surface area contributed by atoms with Crippen LogP contribution in [0.5, 0.6) is 0 Å². The van der Waals surface area contributed by atoms with Gasteiger partial charge >= 0.3 is 0 Å². The van der Waals surface area contributed by atoms with Crippen LogP contribution in [-0.4, -0.2) is 29.8 Å². The summed E-state index contributed by atoms with van der Waals surface area (Å²) in [5.41, 5.74) is 2.55. The molecule has 2 rings (SSSR count). The van der Waals surface area contributed by atoms with Crippen molar-refractivity contribution in [3.05, 3.63) is 22.9 Å². The van der Waals surface area contributed by atoms with Gasteiger partial charge < -0.3 is 10.0 Å². The highest BCUT2D eigenvalue weighted by Gasteiger charge is 2.29. The fourth-order valence-electron chi connectivity index (χ4n) is 2.04. The molecule has 0 aromatic carbocycles. The van der Waals surface area contributed by atoms with E-state index in [1.807, 2.05) is 19.9 Å². The maximum Gasteiger partial charge on any atom is 0.147 e. The van der Waals surface area contributed by atoms with Crippen molar-refractivity contribution < 1.29 is 5.11 Å². The van der Waals surface area contributed by atoms with Crippen molar-refractivity contribution in [2.75, 3.05) is 24.6 Å². The molecule has 1 aliphatic heterocycles. The molecule has 1 saturated heterocycles. The predicted molar refractivity (Wildman–Crippen MR) is 61.2 cm³/mol. The maximum absolute atomic E-state index is 9.12. The van der Waals surface area contributed by atoms with Crippen molar-refractivity contribution in [2.24, 2.45) is 5.92 Å². The van der Waals surface area contributed by atoms with Crippen LogP contribution >= 0.6 is 0 Å². The van der Waals surface area contributed by atoms with E-state index in [1.54, 1.807) is 0 Å². The van der Waals surface area contributed by atoms with Gasteiger partial charge in [0.25, 0.3) is 0 Å². The van der Waals surface area contributed by atoms with Crippen LogP contribution < -0.4 is 4.90 Å². The second-order valence-corrected chi connectivity index (χ2v) is 4.34. The molecule has 2 heterocycles. The van der Waals surface area contributed by atoms with Crippen molar-refractivity contribution >= 4 is 5.82 Å². The molecule has 16 heavy (non-hydrogen) atoms. The van der Waals surface area contributed by atoms with Crippen LogP contribution in [0.1, 0.15) is 16.8 Å². The highest BCUT2D eigenvalue weighted by Crippen LogP contribution is 2.27. The number of aliphatic hydroxyl groups is 1. The standard InChI is InChI=1S/C12H15N3O/c1-8-3-9(2)14-12(11(8)4-13)15-5-10(6-15)7-16/h3,10,16H,5-7H2,1-2H3. The Hall–Kier alpha value is -1.60. The van der Waals surface area contributed by atoms with E-state index in [-0.39, 0.29) is 6.61 Å². The lowest BCUT2D eigenvalue weighted by Crippen LogP contribution is -2.49. The van der Waals surface area contributed by atoms with Gasteiger partial charge in [-0.15, -0.1) is 0 Å². The summed E-state index contributed by atoms with van der Waals surface area (Å²) in [7, 11) is 0. The molecule has 0 aliphatic carbocycles. The summed E-state index contributed by atoms with van der Waals surface area (Å²) < 4.78 is 0. The first kappa shape index (κ1) is 10.9. The molecule has 0 saturated carbocycles. The Morgan fingerprint density at radius 3 is 2.81 bits per heavy atom. The van der Waals surface area contributed by atoms with E-state index in [2.05, 4.69) is 16.0 Å². The topological polar surface area (TPSA) is 60.2 Å². The van der Waals surface area contributed by atoms with Crippen LogP contribution in [0.3, 0.4) is 0 Å². The Labute approximate surface area is 95.1 Å². The van der Waals surface area contributed by atoms with Crippen LogP contribution in [0.2, 0.25) is 0 Å². The highest BCUT2D eigenvalue weighted by molar-refractivity contribution is 5.59. The van der Waals surface area contributed by atoms with Gasteiger partial charge in [-0.25, -0.2) is 4.98 Å². The molecule has 84 valence electrons. The van der Waals surface area contributed by atoms with Gasteiger partial charge in [-0.2, -0.15) is 5.26 Å². The van der Waals surface area contributed by atoms with Gasteiger partial charge in [-0.1, -0.05) is 0 Å². The molecule has 1 aromatic rings. The normalized spacial score (nSPS) is 15.8. The van der Waals surface area contributed by atoms with E-state index in [0.717, 1.165) is 30.2 Å². The minimum absolute atomic E-state index is 0.211. The van der Waals surface area contributed by atoms with Gasteiger partial charge in [0.1, 0.15) is 11.9 Å². The number of nitrogens with zero attached hydrogens (tertiary/aromatic N) is 3. The van der Waals surface area contributed by atoms with Gasteiger partial charge in [-0.3, -0.25) is 0 Å². The molecular weight excluding hydrogens is 202 g/mol. The largest absolute Gasteiger partial charge is 0.396 e. The summed E-state index contributed by atoms with van der Waals surface area (Å²) in [5, 5.41) is 18.1. The quantitative estimate of drug-likeness (QED) is 0.802. The summed E-state index contributed by atoms with van der Waals surface area (Å²) in [5.74, 6) is 1.10. The molecule has 1 fully saturated rings. The van der Waals surface area contributed by atoms with E-state index < -0.39 is 0 Å². The lowest BCUT2D eigenvalue weighted by Gasteiger charge is -2.39. The first-order chi connectivity index (χ1) is 7.65. The fourth-order valence-corrected chi connectivity index (χ4v) is 2.04. The number of rotatable bonds is 2. The van der Waals surface area contributed by atoms with Crippen LogP contribution in [0.15, 0.2) is 6.07 Å². The molecule has 1 aromatic heterocycles. The number of aliphatic hydroxyl groups excluding tert-OH is 1. The third-order valence-electron chi connectivity index (χ3n) is 2.95. The fraction of sp³-hybridized carbons (Fsp3) is 0.500. The third-order valence-corrected chi connectivity index (χ3v) is 2.95. The predicted octanol–water partition coefficient (Wildman–Crippen LogP) is 0.999. The zero-order chi connectivity index (χ0) is 11.7. The minimum Gasteiger partial charge on any atom is -0.396 e. The first-order valence-electron chi connectivity index (χ1n) is 5.40. The lowest BCUT2D eigenvalue weighted by molar-refractivity contribution is 0.200. The summed E-state index contributed by atoms with van der Waals surface area (Å²) in [4.78, 5) is 6.47. The Morgan fingerprint density at radius 1 is 1.56 bits per heavy atom. The molecule has 0 atom stereocenters. The van der Waals surface area contributed by atoms with Crippen molar-refractivity contribution in [1.29, 1.82) is 5.26 Å². The van der Waals surface area contributed by atoms with E-state index in [1.165, 1.54) is 0 Å². The van der Waals surface area contributed by atoms with Crippen molar-refractivity contribution in [2.45, 2.75) is 13.8 Å². The molecule has 0 unspecified atom stereocenters. The molecule has 4 nitrogen and oxygen atoms in total. The number of nitriles is 1. The molecule has 4 heteroatoms. The average molecular weight is 217 g/mol. The summed E-state index contributed by atoms with van der Waals surface area (Å²) in [6, 6.07) is 4.13. The Morgan fingerprint density at radius 2 is 2.25 bits per heavy atom. The summed E-state index contributed by atoms with van der Waals surface area (Å²) in [6.07, 6.45) is 0. The highest BCUT2D eigenvalue weighted by atomic mass is 16.3. The van der Waals surface area contributed by atoms with Crippen LogP contribution in [0, 0.1) is 31.1 Å². The van der Waals surface area contributed by atoms with E-state index in [0.29, 0.717) is 11.5 Å². The molecule has 1 aliphatic rings. The maximum atomic E-state index is 9.12. The second-order valence-electron chi connectivity index (χ2n) is 4.34. The molecule has 1 N–H and O–H groups in total. The minimum atomic E-state index is 0.211. The van der Waals surface area contributed by atoms with Crippen molar-refractivity contribution in [1.82, 2.24) is 4.98 Å². The number of aromatic nitrogens is 1. The van der Waals surface area contributed by atoms with E-state index in [9.17, 15) is 0 Å². The zero-order valence-electron chi connectivity index (χ0n) is 9.56. The number of pyridine rings is 1. The van der Waals surface area contributed by atoms with Gasteiger partial charge in [0.2, 0.25) is 0 Å². The molecular formula is C12H15N3O. The van der Waals surface area contributed by atoms with E-state index in [4.69, 9.17) is 10.4 Å². The second kappa shape index (κ2) is 4.11. The first-order valence-corrected chi connectivity index (χ1v) is 5.40. The number of hydrogen-bond donors (Lipinski definition) is 1. The average Bonchev–Trinajstić information content (AvgIpc) is 2.15. The molecule has 0 amide bonds. The number of hydrogen-bond acceptors (Lipinski definition) is 4. The smallest absolute Gasteiger partial charge is 0.147 e. The Kier molecular flexibility index (Phi) is 2.80. The number of aryl methyl sites for hydroxylation is 2. The Balaban J connectivity index is 2.31. The van der Waals surface area contributed by atoms with Crippen molar-refractivity contribution in [3.63, 3.8) is 0 Å². The van der Waals surface area contributed by atoms with Crippen LogP contribution in [-0.2, 0) is 0 Å². The molecule has 0 bridgehead atoms. The van der Waals surface area contributed by atoms with Gasteiger partial charge in [-0.05, 0) is 25.5 Å². The number of anilines is 1. The summed E-state index contributed by atoms with van der Waals surface area (Å²) in [6.45, 7) is 5.66. The van der Waals surface area contributed by atoms with Gasteiger partial charge in [0.15, 0.2) is 0 Å². The summed E-state index contributed by atoms with van der Waals surface area (Å²) >= 11 is 0. The van der Waals surface area contributed by atoms with Gasteiger partial charge in [0.05, 0.1) is 5.56 Å². The third kappa shape index (κ3) is 1.74. The van der Waals surface area contributed by atoms with Crippen LogP contribution in [0.4, 0.5) is 5.82 Å². The van der Waals surface area contributed by atoms with Crippen LogP contribution in [0.25, 0.3) is 0 Å². The molecule has 0 radical (unpaired) electrons. The lowest BCUT2D eigenvalue weighted by atomic mass is 9.99. The zero-order valence-corrected chi connectivity index (χ0v) is 9.56.